The molecule has 0 saturated carbocycles. The van der Waals surface area contributed by atoms with Crippen molar-refractivity contribution in [1.82, 2.24) is 0 Å². The minimum atomic E-state index is -9.12. The summed E-state index contributed by atoms with van der Waals surface area (Å²) in [5, 5.41) is 0. The van der Waals surface area contributed by atoms with Gasteiger partial charge in [0.05, 0.1) is 0 Å². The Morgan fingerprint density at radius 2 is 0.293 bits per heavy atom. The normalized spacial score (nSPS) is 17.8. The zero-order valence-electron chi connectivity index (χ0n) is 24.1. The van der Waals surface area contributed by atoms with Crippen LogP contribution in [-0.2, 0) is 0 Å². The van der Waals surface area contributed by atoms with Gasteiger partial charge in [0, 0.05) is 45.2 Å². The van der Waals surface area contributed by atoms with Gasteiger partial charge >= 0.3 is 101 Å². The molecular formula is C18F37I3. The molecule has 352 valence electrons. The van der Waals surface area contributed by atoms with Crippen LogP contribution in [0.1, 0.15) is 0 Å². The summed E-state index contributed by atoms with van der Waals surface area (Å²) in [7, 11) is 0. The highest BCUT2D eigenvalue weighted by molar-refractivity contribution is 14.1. The van der Waals surface area contributed by atoms with E-state index in [0.29, 0.717) is 0 Å². The highest BCUT2D eigenvalue weighted by Crippen LogP contribution is 2.68. The van der Waals surface area contributed by atoms with Crippen molar-refractivity contribution in [2.45, 2.75) is 101 Å². The van der Waals surface area contributed by atoms with E-state index in [2.05, 4.69) is 0 Å². The first-order chi connectivity index (χ1) is 24.0. The standard InChI is InChI=1S/C10F21I.C8F16I2/c11-1(12,3(15,16)5(19,20)7(23,24)9(27,28)29)2(13,14)4(17,18)6(21,22)8(25,26)10(30,31)32;9-1(10,3(13,14)5(17,18)8(23,24)26)2(11,12)4(15,16)6(19,25)7(20,21)22. The van der Waals surface area contributed by atoms with Crippen LogP contribution < -0.4 is 0 Å². The molecule has 0 nitrogen and oxygen atoms in total. The van der Waals surface area contributed by atoms with Gasteiger partial charge in [-0.15, -0.1) is 0 Å². The Kier molecular flexibility index (Phi) is 15.6. The Bertz CT molecular complexity index is 1320. The van der Waals surface area contributed by atoms with E-state index in [0.717, 1.165) is 0 Å². The third kappa shape index (κ3) is 8.04. The zero-order chi connectivity index (χ0) is 49.0. The second-order valence-corrected chi connectivity index (χ2v) is 14.2. The van der Waals surface area contributed by atoms with Gasteiger partial charge in [-0.1, -0.05) is 0 Å². The van der Waals surface area contributed by atoms with E-state index in [1.165, 1.54) is 0 Å². The fourth-order valence-electron chi connectivity index (χ4n) is 2.68. The quantitative estimate of drug-likeness (QED) is 0.0924. The molecule has 1 atom stereocenters. The fraction of sp³-hybridized carbons (Fsp3) is 1.00. The first-order valence-electron chi connectivity index (χ1n) is 11.6. The summed E-state index contributed by atoms with van der Waals surface area (Å²) < 4.78 is 453. The van der Waals surface area contributed by atoms with Gasteiger partial charge in [0.1, 0.15) is 0 Å². The van der Waals surface area contributed by atoms with Crippen LogP contribution in [0.3, 0.4) is 0 Å². The van der Waals surface area contributed by atoms with Gasteiger partial charge < -0.3 is 0 Å². The highest BCUT2D eigenvalue weighted by Gasteiger charge is 2.98. The summed E-state index contributed by atoms with van der Waals surface area (Å²) in [6.45, 7) is 0. The van der Waals surface area contributed by atoms with Crippen LogP contribution in [0.15, 0.2) is 0 Å². The van der Waals surface area contributed by atoms with Crippen molar-refractivity contribution in [3.63, 3.8) is 0 Å². The molecule has 0 rings (SSSR count). The average molecular weight is 1300 g/mol. The summed E-state index contributed by atoms with van der Waals surface area (Å²) in [5.74, 6) is -109. The summed E-state index contributed by atoms with van der Waals surface area (Å²) in [6.07, 6.45) is -15.1. The van der Waals surface area contributed by atoms with E-state index in [1.54, 1.807) is 0 Å². The maximum atomic E-state index is 13.2. The third-order valence-electron chi connectivity index (χ3n) is 6.16. The van der Waals surface area contributed by atoms with Crippen molar-refractivity contribution in [2.75, 3.05) is 0 Å². The lowest BCUT2D eigenvalue weighted by molar-refractivity contribution is -0.471. The molecule has 40 heteroatoms. The molecule has 0 aromatic heterocycles. The van der Waals surface area contributed by atoms with Crippen molar-refractivity contribution in [3.05, 3.63) is 0 Å². The van der Waals surface area contributed by atoms with Crippen LogP contribution in [0.5, 0.6) is 0 Å². The van der Waals surface area contributed by atoms with Crippen LogP contribution in [-0.4, -0.2) is 101 Å². The molecule has 0 radical (unpaired) electrons. The van der Waals surface area contributed by atoms with Gasteiger partial charge in [0.25, 0.3) is 0 Å². The van der Waals surface area contributed by atoms with Crippen LogP contribution in [0.25, 0.3) is 0 Å². The van der Waals surface area contributed by atoms with Gasteiger partial charge in [-0.05, 0) is 22.6 Å². The lowest BCUT2D eigenvalue weighted by Crippen LogP contribution is -2.76. The molecule has 0 fully saturated rings. The van der Waals surface area contributed by atoms with Crippen LogP contribution in [0.2, 0.25) is 0 Å². The van der Waals surface area contributed by atoms with E-state index in [4.69, 9.17) is 0 Å². The molecule has 0 aliphatic heterocycles. The molecule has 1 unspecified atom stereocenters. The molecule has 58 heavy (non-hydrogen) atoms. The first kappa shape index (κ1) is 59.7. The monoisotopic (exact) mass is 1300 g/mol. The van der Waals surface area contributed by atoms with Gasteiger partial charge in [0.2, 0.25) is 0 Å². The van der Waals surface area contributed by atoms with E-state index < -0.39 is 169 Å². The molecule has 0 aliphatic rings. The van der Waals surface area contributed by atoms with E-state index >= 15 is 0 Å². The van der Waals surface area contributed by atoms with Crippen molar-refractivity contribution in [2.24, 2.45) is 0 Å². The SMILES string of the molecule is FC(F)(F)C(F)(F)C(F)(F)C(F)(F)C(F)(F)C(F)(F)C(F)(F)C(F)(F)C(F)(F)C(F)(F)I.FC(F)(F)C(F)(I)C(F)(F)C(F)(F)C(F)(F)C(F)(F)C(F)(F)C(F)(F)I. The smallest absolute Gasteiger partial charge is 0.215 e. The largest absolute Gasteiger partial charge is 0.460 e. The Morgan fingerprint density at radius 1 is 0.155 bits per heavy atom. The molecule has 0 aromatic carbocycles. The molecular weight excluding hydrogens is 1300 g/mol. The average Bonchev–Trinajstić information content (AvgIpc) is 2.93. The lowest BCUT2D eigenvalue weighted by Gasteiger charge is -2.44. The Hall–Kier alpha value is -0.400. The van der Waals surface area contributed by atoms with E-state index in [-0.39, 0.29) is 0 Å². The van der Waals surface area contributed by atoms with Crippen molar-refractivity contribution < 1.29 is 162 Å². The zero-order valence-corrected chi connectivity index (χ0v) is 30.6. The summed E-state index contributed by atoms with van der Waals surface area (Å²) in [6, 6.07) is 0. The van der Waals surface area contributed by atoms with Crippen molar-refractivity contribution in [1.29, 1.82) is 0 Å². The van der Waals surface area contributed by atoms with E-state index in [9.17, 15) is 162 Å². The van der Waals surface area contributed by atoms with Gasteiger partial charge in [-0.3, -0.25) is 0 Å². The van der Waals surface area contributed by atoms with Crippen molar-refractivity contribution in [3.8, 4) is 0 Å². The molecule has 0 amide bonds. The summed E-state index contributed by atoms with van der Waals surface area (Å²) >= 11 is -3.24. The molecule has 0 saturated heterocycles. The third-order valence-corrected chi connectivity index (χ3v) is 8.80. The van der Waals surface area contributed by atoms with Crippen molar-refractivity contribution >= 4 is 67.8 Å². The lowest BCUT2D eigenvalue weighted by atomic mass is 9.87. The van der Waals surface area contributed by atoms with Gasteiger partial charge in [-0.25, -0.2) is 4.39 Å². The molecule has 0 aromatic rings. The maximum Gasteiger partial charge on any atom is 0.460 e. The van der Waals surface area contributed by atoms with Gasteiger partial charge in [0.15, 0.2) is 0 Å². The first-order valence-corrected chi connectivity index (χ1v) is 14.8. The number of hydrogen-bond donors (Lipinski definition) is 0. The number of hydrogen-bond acceptors (Lipinski definition) is 0. The second-order valence-electron chi connectivity index (χ2n) is 10.0. The molecule has 0 spiro atoms. The second kappa shape index (κ2) is 15.1. The Labute approximate surface area is 330 Å². The predicted molar refractivity (Wildman–Crippen MR) is 132 cm³/mol. The van der Waals surface area contributed by atoms with Crippen LogP contribution >= 0.6 is 67.8 Å². The maximum absolute atomic E-state index is 13.2. The van der Waals surface area contributed by atoms with Gasteiger partial charge in [-0.2, -0.15) is 158 Å². The van der Waals surface area contributed by atoms with Crippen LogP contribution in [0, 0.1) is 0 Å². The molecule has 0 heterocycles. The number of halogens is 40. The minimum Gasteiger partial charge on any atom is -0.215 e. The number of rotatable bonds is 14. The fourth-order valence-corrected chi connectivity index (χ4v) is 3.70. The topological polar surface area (TPSA) is 0 Å². The molecule has 0 aliphatic carbocycles. The minimum absolute atomic E-state index is 0.922. The highest BCUT2D eigenvalue weighted by atomic mass is 127. The predicted octanol–water partition coefficient (Wildman–Crippen LogP) is 14.5. The van der Waals surface area contributed by atoms with Crippen LogP contribution in [0.4, 0.5) is 162 Å². The summed E-state index contributed by atoms with van der Waals surface area (Å²) in [4.78, 5) is 0. The molecule has 0 bridgehead atoms. The Balaban J connectivity index is 0. The summed E-state index contributed by atoms with van der Waals surface area (Å²) in [5.41, 5.74) is 0. The number of alkyl halides is 40. The molecule has 0 N–H and O–H groups in total. The van der Waals surface area contributed by atoms with E-state index in [1.807, 2.05) is 0 Å². The Morgan fingerprint density at radius 3 is 0.431 bits per heavy atom.